The minimum absolute atomic E-state index is 0.241. The summed E-state index contributed by atoms with van der Waals surface area (Å²) in [4.78, 5) is 26.9. The summed E-state index contributed by atoms with van der Waals surface area (Å²) in [7, 11) is 0. The lowest BCUT2D eigenvalue weighted by Gasteiger charge is -2.13. The Labute approximate surface area is 123 Å². The van der Waals surface area contributed by atoms with Crippen LogP contribution in [0.4, 0.5) is 0 Å². The number of carboxylic acids is 1. The largest absolute Gasteiger partial charge is 0.480 e. The number of carbonyl (C=O) groups excluding carboxylic acids is 1. The monoisotopic (exact) mass is 296 g/mol. The van der Waals surface area contributed by atoms with Gasteiger partial charge in [-0.3, -0.25) is 9.78 Å². The molecular formula is C14H20N2O3S. The van der Waals surface area contributed by atoms with Crippen LogP contribution < -0.4 is 5.32 Å². The number of thioether (sulfide) groups is 1. The van der Waals surface area contributed by atoms with Gasteiger partial charge in [-0.15, -0.1) is 11.8 Å². The lowest BCUT2D eigenvalue weighted by atomic mass is 10.1. The molecule has 2 N–H and O–H groups in total. The molecule has 0 saturated heterocycles. The molecule has 0 saturated carbocycles. The third-order valence-corrected chi connectivity index (χ3v) is 3.66. The van der Waals surface area contributed by atoms with Crippen LogP contribution in [-0.4, -0.2) is 33.8 Å². The first-order valence-corrected chi connectivity index (χ1v) is 7.78. The SMILES string of the molecule is CCCC[C@H](NC(=O)CSCc1ccccn1)C(=O)O. The van der Waals surface area contributed by atoms with Gasteiger partial charge in [0, 0.05) is 11.9 Å². The van der Waals surface area contributed by atoms with E-state index in [9.17, 15) is 9.59 Å². The molecule has 0 spiro atoms. The Morgan fingerprint density at radius 2 is 2.25 bits per heavy atom. The zero-order chi connectivity index (χ0) is 14.8. The molecule has 0 unspecified atom stereocenters. The number of aliphatic carboxylic acids is 1. The smallest absolute Gasteiger partial charge is 0.326 e. The highest BCUT2D eigenvalue weighted by Gasteiger charge is 2.18. The van der Waals surface area contributed by atoms with Gasteiger partial charge in [0.1, 0.15) is 6.04 Å². The fourth-order valence-corrected chi connectivity index (χ4v) is 2.38. The Morgan fingerprint density at radius 3 is 2.85 bits per heavy atom. The van der Waals surface area contributed by atoms with Crippen molar-refractivity contribution in [2.24, 2.45) is 0 Å². The number of nitrogens with zero attached hydrogens (tertiary/aromatic N) is 1. The average Bonchev–Trinajstić information content (AvgIpc) is 2.44. The van der Waals surface area contributed by atoms with E-state index in [1.807, 2.05) is 25.1 Å². The average molecular weight is 296 g/mol. The second-order valence-electron chi connectivity index (χ2n) is 4.41. The van der Waals surface area contributed by atoms with Gasteiger partial charge in [-0.1, -0.05) is 25.8 Å². The van der Waals surface area contributed by atoms with Crippen molar-refractivity contribution < 1.29 is 14.7 Å². The molecule has 110 valence electrons. The molecule has 1 aromatic rings. The Bertz CT molecular complexity index is 426. The van der Waals surface area contributed by atoms with Gasteiger partial charge in [-0.2, -0.15) is 0 Å². The van der Waals surface area contributed by atoms with Gasteiger partial charge in [-0.05, 0) is 18.6 Å². The first-order chi connectivity index (χ1) is 9.63. The number of nitrogens with one attached hydrogen (secondary N) is 1. The van der Waals surface area contributed by atoms with Crippen LogP contribution in [0.3, 0.4) is 0 Å². The summed E-state index contributed by atoms with van der Waals surface area (Å²) in [6, 6.07) is 4.85. The van der Waals surface area contributed by atoms with Gasteiger partial charge in [0.15, 0.2) is 0 Å². The topological polar surface area (TPSA) is 79.3 Å². The normalized spacial score (nSPS) is 11.8. The minimum Gasteiger partial charge on any atom is -0.480 e. The second-order valence-corrected chi connectivity index (χ2v) is 5.40. The summed E-state index contributed by atoms with van der Waals surface area (Å²) in [5, 5.41) is 11.6. The van der Waals surface area contributed by atoms with Crippen molar-refractivity contribution >= 4 is 23.6 Å². The van der Waals surface area contributed by atoms with Crippen LogP contribution in [0.25, 0.3) is 0 Å². The second kappa shape index (κ2) is 9.36. The predicted octanol–water partition coefficient (Wildman–Crippen LogP) is 2.07. The van der Waals surface area contributed by atoms with Crippen LogP contribution in [0.5, 0.6) is 0 Å². The summed E-state index contributed by atoms with van der Waals surface area (Å²) < 4.78 is 0. The van der Waals surface area contributed by atoms with Crippen LogP contribution >= 0.6 is 11.8 Å². The van der Waals surface area contributed by atoms with Crippen LogP contribution in [0.2, 0.25) is 0 Å². The molecule has 1 aromatic heterocycles. The van der Waals surface area contributed by atoms with E-state index in [4.69, 9.17) is 5.11 Å². The number of pyridine rings is 1. The number of unbranched alkanes of at least 4 members (excludes halogenated alkanes) is 1. The molecule has 6 heteroatoms. The molecule has 0 fully saturated rings. The van der Waals surface area contributed by atoms with Crippen molar-refractivity contribution in [1.29, 1.82) is 0 Å². The molecule has 1 atom stereocenters. The van der Waals surface area contributed by atoms with Gasteiger partial charge in [-0.25, -0.2) is 4.79 Å². The molecule has 0 radical (unpaired) electrons. The Hall–Kier alpha value is -1.56. The predicted molar refractivity (Wildman–Crippen MR) is 79.5 cm³/mol. The van der Waals surface area contributed by atoms with Crippen molar-refractivity contribution in [3.8, 4) is 0 Å². The highest BCUT2D eigenvalue weighted by Crippen LogP contribution is 2.09. The zero-order valence-electron chi connectivity index (χ0n) is 11.5. The number of hydrogen-bond acceptors (Lipinski definition) is 4. The molecule has 20 heavy (non-hydrogen) atoms. The standard InChI is InChI=1S/C14H20N2O3S/c1-2-3-7-12(14(18)19)16-13(17)10-20-9-11-6-4-5-8-15-11/h4-6,8,12H,2-3,7,9-10H2,1H3,(H,16,17)(H,18,19)/t12-/m0/s1. The van der Waals surface area contributed by atoms with Crippen LogP contribution in [0.1, 0.15) is 31.9 Å². The van der Waals surface area contributed by atoms with Crippen LogP contribution in [0, 0.1) is 0 Å². The van der Waals surface area contributed by atoms with Gasteiger partial charge in [0.2, 0.25) is 5.91 Å². The highest BCUT2D eigenvalue weighted by molar-refractivity contribution is 7.99. The summed E-state index contributed by atoms with van der Waals surface area (Å²) in [5.74, 6) is -0.330. The summed E-state index contributed by atoms with van der Waals surface area (Å²) in [6.07, 6.45) is 3.88. The molecule has 1 amide bonds. The van der Waals surface area contributed by atoms with Crippen molar-refractivity contribution in [2.45, 2.75) is 38.0 Å². The van der Waals surface area contributed by atoms with E-state index in [1.165, 1.54) is 11.8 Å². The first kappa shape index (κ1) is 16.5. The number of carbonyl (C=O) groups is 2. The summed E-state index contributed by atoms with van der Waals surface area (Å²) in [5.41, 5.74) is 0.908. The van der Waals surface area contributed by atoms with Crippen LogP contribution in [0.15, 0.2) is 24.4 Å². The molecule has 1 heterocycles. The summed E-state index contributed by atoms with van der Waals surface area (Å²) in [6.45, 7) is 1.99. The fourth-order valence-electron chi connectivity index (χ4n) is 1.63. The lowest BCUT2D eigenvalue weighted by molar-refractivity contribution is -0.141. The Balaban J connectivity index is 2.29. The number of hydrogen-bond donors (Lipinski definition) is 2. The maximum absolute atomic E-state index is 11.7. The molecule has 0 aromatic carbocycles. The lowest BCUT2D eigenvalue weighted by Crippen LogP contribution is -2.41. The van der Waals surface area contributed by atoms with Crippen LogP contribution in [-0.2, 0) is 15.3 Å². The quantitative estimate of drug-likeness (QED) is 0.729. The zero-order valence-corrected chi connectivity index (χ0v) is 12.4. The third-order valence-electron chi connectivity index (χ3n) is 2.69. The maximum atomic E-state index is 11.7. The maximum Gasteiger partial charge on any atom is 0.326 e. The Morgan fingerprint density at radius 1 is 1.45 bits per heavy atom. The fraction of sp³-hybridized carbons (Fsp3) is 0.500. The third kappa shape index (κ3) is 6.56. The molecule has 0 aliphatic rings. The number of amides is 1. The van der Waals surface area contributed by atoms with E-state index in [1.54, 1.807) is 6.20 Å². The first-order valence-electron chi connectivity index (χ1n) is 6.63. The minimum atomic E-state index is -0.971. The van der Waals surface area contributed by atoms with Crippen molar-refractivity contribution in [3.05, 3.63) is 30.1 Å². The van der Waals surface area contributed by atoms with E-state index in [-0.39, 0.29) is 11.7 Å². The number of carboxylic acid groups (broad SMARTS) is 1. The molecule has 0 bridgehead atoms. The Kier molecular flexibility index (Phi) is 7.72. The van der Waals surface area contributed by atoms with Crippen molar-refractivity contribution in [3.63, 3.8) is 0 Å². The summed E-state index contributed by atoms with van der Waals surface area (Å²) >= 11 is 1.42. The van der Waals surface area contributed by atoms with E-state index < -0.39 is 12.0 Å². The molecular weight excluding hydrogens is 276 g/mol. The van der Waals surface area contributed by atoms with Crippen molar-refractivity contribution in [2.75, 3.05) is 5.75 Å². The molecule has 1 rings (SSSR count). The number of aromatic nitrogens is 1. The van der Waals surface area contributed by atoms with Gasteiger partial charge < -0.3 is 10.4 Å². The molecule has 5 nitrogen and oxygen atoms in total. The van der Waals surface area contributed by atoms with E-state index in [2.05, 4.69) is 10.3 Å². The van der Waals surface area contributed by atoms with E-state index in [0.717, 1.165) is 18.5 Å². The van der Waals surface area contributed by atoms with Crippen molar-refractivity contribution in [1.82, 2.24) is 10.3 Å². The van der Waals surface area contributed by atoms with Gasteiger partial charge in [0.05, 0.1) is 11.4 Å². The van der Waals surface area contributed by atoms with E-state index in [0.29, 0.717) is 12.2 Å². The molecule has 0 aliphatic carbocycles. The molecule has 0 aliphatic heterocycles. The van der Waals surface area contributed by atoms with Gasteiger partial charge >= 0.3 is 5.97 Å². The number of rotatable bonds is 9. The van der Waals surface area contributed by atoms with Gasteiger partial charge in [0.25, 0.3) is 0 Å². The highest BCUT2D eigenvalue weighted by atomic mass is 32.2. The van der Waals surface area contributed by atoms with E-state index >= 15 is 0 Å².